The molecule has 1 unspecified atom stereocenters. The van der Waals surface area contributed by atoms with E-state index in [-0.39, 0.29) is 6.10 Å². The minimum Gasteiger partial charge on any atom is -0.390 e. The van der Waals surface area contributed by atoms with Crippen LogP contribution < -0.4 is 5.32 Å². The van der Waals surface area contributed by atoms with Crippen LogP contribution in [-0.4, -0.2) is 42.3 Å². The van der Waals surface area contributed by atoms with E-state index in [9.17, 15) is 5.11 Å². The fourth-order valence-electron chi connectivity index (χ4n) is 2.49. The number of fused-ring (bicyclic) bond motifs is 1. The van der Waals surface area contributed by atoms with Crippen molar-refractivity contribution < 1.29 is 5.11 Å². The van der Waals surface area contributed by atoms with Crippen LogP contribution in [0.1, 0.15) is 13.8 Å². The van der Waals surface area contributed by atoms with Crippen molar-refractivity contribution in [3.8, 4) is 0 Å². The lowest BCUT2D eigenvalue weighted by Crippen LogP contribution is -2.35. The molecule has 4 heteroatoms. The standard InChI is InChI=1S/C17H23BrN2O/c1-3-20(4-2)12-13(21)11-19-17-10-9-16(18)14-7-5-6-8-15(14)17/h5-10,13,19,21H,3-4,11-12H2,1-2H3. The van der Waals surface area contributed by atoms with Crippen molar-refractivity contribution in [2.45, 2.75) is 20.0 Å². The summed E-state index contributed by atoms with van der Waals surface area (Å²) >= 11 is 3.58. The molecule has 21 heavy (non-hydrogen) atoms. The number of nitrogens with one attached hydrogen (secondary N) is 1. The number of anilines is 1. The lowest BCUT2D eigenvalue weighted by molar-refractivity contribution is 0.128. The van der Waals surface area contributed by atoms with Crippen LogP contribution in [0.4, 0.5) is 5.69 Å². The highest BCUT2D eigenvalue weighted by atomic mass is 79.9. The van der Waals surface area contributed by atoms with Gasteiger partial charge in [-0.25, -0.2) is 0 Å². The van der Waals surface area contributed by atoms with Crippen molar-refractivity contribution in [1.82, 2.24) is 4.90 Å². The number of rotatable bonds is 7. The van der Waals surface area contributed by atoms with E-state index in [1.807, 2.05) is 18.2 Å². The Bertz CT molecular complexity index is 584. The van der Waals surface area contributed by atoms with Gasteiger partial charge in [0, 0.05) is 28.6 Å². The molecular weight excluding hydrogens is 328 g/mol. The molecule has 2 aromatic rings. The molecule has 0 aliphatic rings. The number of hydrogen-bond donors (Lipinski definition) is 2. The minimum atomic E-state index is -0.368. The summed E-state index contributed by atoms with van der Waals surface area (Å²) in [6.45, 7) is 7.43. The van der Waals surface area contributed by atoms with Gasteiger partial charge in [0.2, 0.25) is 0 Å². The largest absolute Gasteiger partial charge is 0.390 e. The normalized spacial score (nSPS) is 12.8. The van der Waals surface area contributed by atoms with Crippen molar-refractivity contribution in [2.24, 2.45) is 0 Å². The molecule has 114 valence electrons. The zero-order chi connectivity index (χ0) is 15.2. The number of aliphatic hydroxyl groups excluding tert-OH is 1. The molecule has 0 saturated heterocycles. The van der Waals surface area contributed by atoms with Gasteiger partial charge < -0.3 is 15.3 Å². The topological polar surface area (TPSA) is 35.5 Å². The van der Waals surface area contributed by atoms with Crippen LogP contribution in [0.5, 0.6) is 0 Å². The average Bonchev–Trinajstić information content (AvgIpc) is 2.52. The van der Waals surface area contributed by atoms with Gasteiger partial charge in [-0.3, -0.25) is 0 Å². The summed E-state index contributed by atoms with van der Waals surface area (Å²) in [7, 11) is 0. The summed E-state index contributed by atoms with van der Waals surface area (Å²) in [6.07, 6.45) is -0.368. The van der Waals surface area contributed by atoms with E-state index in [4.69, 9.17) is 0 Å². The number of benzene rings is 2. The summed E-state index contributed by atoms with van der Waals surface area (Å²) in [5, 5.41) is 15.9. The third-order valence-electron chi connectivity index (χ3n) is 3.76. The lowest BCUT2D eigenvalue weighted by Gasteiger charge is -2.22. The fourth-order valence-corrected chi connectivity index (χ4v) is 2.97. The van der Waals surface area contributed by atoms with Gasteiger partial charge in [-0.05, 0) is 30.6 Å². The maximum Gasteiger partial charge on any atom is 0.0839 e. The first-order valence-corrected chi connectivity index (χ1v) is 8.26. The Kier molecular flexibility index (Phi) is 6.03. The van der Waals surface area contributed by atoms with Gasteiger partial charge in [-0.2, -0.15) is 0 Å². The average molecular weight is 351 g/mol. The molecule has 0 spiro atoms. The van der Waals surface area contributed by atoms with Gasteiger partial charge in [-0.15, -0.1) is 0 Å². The molecule has 0 aliphatic heterocycles. The zero-order valence-corrected chi connectivity index (χ0v) is 14.2. The van der Waals surface area contributed by atoms with Crippen molar-refractivity contribution in [3.63, 3.8) is 0 Å². The van der Waals surface area contributed by atoms with E-state index in [0.29, 0.717) is 13.1 Å². The van der Waals surface area contributed by atoms with Gasteiger partial charge in [0.1, 0.15) is 0 Å². The van der Waals surface area contributed by atoms with Crippen LogP contribution in [0.15, 0.2) is 40.9 Å². The second-order valence-corrected chi connectivity index (χ2v) is 6.02. The highest BCUT2D eigenvalue weighted by Crippen LogP contribution is 2.29. The highest BCUT2D eigenvalue weighted by Gasteiger charge is 2.10. The lowest BCUT2D eigenvalue weighted by atomic mass is 10.1. The summed E-state index contributed by atoms with van der Waals surface area (Å²) in [5.41, 5.74) is 1.06. The van der Waals surface area contributed by atoms with E-state index in [1.54, 1.807) is 0 Å². The molecule has 3 nitrogen and oxygen atoms in total. The Morgan fingerprint density at radius 3 is 2.43 bits per heavy atom. The molecule has 0 aliphatic carbocycles. The van der Waals surface area contributed by atoms with Crippen LogP contribution in [-0.2, 0) is 0 Å². The van der Waals surface area contributed by atoms with Crippen molar-refractivity contribution >= 4 is 32.4 Å². The molecule has 1 atom stereocenters. The first-order chi connectivity index (χ1) is 10.2. The second-order valence-electron chi connectivity index (χ2n) is 5.16. The third kappa shape index (κ3) is 4.19. The SMILES string of the molecule is CCN(CC)CC(O)CNc1ccc(Br)c2ccccc12. The molecule has 0 aromatic heterocycles. The smallest absolute Gasteiger partial charge is 0.0839 e. The van der Waals surface area contributed by atoms with Crippen LogP contribution >= 0.6 is 15.9 Å². The second kappa shape index (κ2) is 7.78. The molecule has 0 amide bonds. The molecule has 0 saturated carbocycles. The Morgan fingerprint density at radius 2 is 1.76 bits per heavy atom. The third-order valence-corrected chi connectivity index (χ3v) is 4.45. The van der Waals surface area contributed by atoms with Crippen molar-refractivity contribution in [2.75, 3.05) is 31.5 Å². The van der Waals surface area contributed by atoms with E-state index < -0.39 is 0 Å². The summed E-state index contributed by atoms with van der Waals surface area (Å²) < 4.78 is 1.09. The number of halogens is 1. The van der Waals surface area contributed by atoms with E-state index in [1.165, 1.54) is 10.8 Å². The van der Waals surface area contributed by atoms with Crippen LogP contribution in [0.25, 0.3) is 10.8 Å². The minimum absolute atomic E-state index is 0.368. The van der Waals surface area contributed by atoms with E-state index >= 15 is 0 Å². The molecule has 0 radical (unpaired) electrons. The summed E-state index contributed by atoms with van der Waals surface area (Å²) in [6, 6.07) is 12.4. The maximum absolute atomic E-state index is 10.2. The van der Waals surface area contributed by atoms with Gasteiger partial charge in [0.05, 0.1) is 6.10 Å². The molecule has 2 N–H and O–H groups in total. The quantitative estimate of drug-likeness (QED) is 0.798. The van der Waals surface area contributed by atoms with Crippen molar-refractivity contribution in [3.05, 3.63) is 40.9 Å². The molecule has 0 bridgehead atoms. The number of likely N-dealkylation sites (N-methyl/N-ethyl adjacent to an activating group) is 1. The number of hydrogen-bond acceptors (Lipinski definition) is 3. The van der Waals surface area contributed by atoms with Crippen LogP contribution in [0, 0.1) is 0 Å². The Labute approximate surface area is 135 Å². The van der Waals surface area contributed by atoms with E-state index in [0.717, 1.165) is 23.2 Å². The first-order valence-electron chi connectivity index (χ1n) is 7.47. The van der Waals surface area contributed by atoms with Crippen LogP contribution in [0.3, 0.4) is 0 Å². The molecule has 0 heterocycles. The number of aliphatic hydroxyl groups is 1. The first kappa shape index (κ1) is 16.3. The summed E-state index contributed by atoms with van der Waals surface area (Å²) in [4.78, 5) is 2.23. The van der Waals surface area contributed by atoms with Gasteiger partial charge in [0.15, 0.2) is 0 Å². The van der Waals surface area contributed by atoms with Crippen LogP contribution in [0.2, 0.25) is 0 Å². The highest BCUT2D eigenvalue weighted by molar-refractivity contribution is 9.10. The molecule has 2 rings (SSSR count). The maximum atomic E-state index is 10.2. The van der Waals surface area contributed by atoms with Crippen molar-refractivity contribution in [1.29, 1.82) is 0 Å². The molecular formula is C17H23BrN2O. The Hall–Kier alpha value is -1.10. The summed E-state index contributed by atoms with van der Waals surface area (Å²) in [5.74, 6) is 0. The fraction of sp³-hybridized carbons (Fsp3) is 0.412. The predicted molar refractivity (Wildman–Crippen MR) is 93.9 cm³/mol. The number of nitrogens with zero attached hydrogens (tertiary/aromatic N) is 1. The Balaban J connectivity index is 2.05. The van der Waals surface area contributed by atoms with Gasteiger partial charge >= 0.3 is 0 Å². The molecule has 2 aromatic carbocycles. The molecule has 0 fully saturated rings. The van der Waals surface area contributed by atoms with Gasteiger partial charge in [0.25, 0.3) is 0 Å². The predicted octanol–water partition coefficient (Wildman–Crippen LogP) is 3.72. The Morgan fingerprint density at radius 1 is 1.10 bits per heavy atom. The monoisotopic (exact) mass is 350 g/mol. The zero-order valence-electron chi connectivity index (χ0n) is 12.6. The van der Waals surface area contributed by atoms with E-state index in [2.05, 4.69) is 58.2 Å². The van der Waals surface area contributed by atoms with Gasteiger partial charge in [-0.1, -0.05) is 54.0 Å².